The number of alkyl halides is 3. The lowest BCUT2D eigenvalue weighted by Crippen LogP contribution is -2.56. The Hall–Kier alpha value is -0.760. The molecule has 4 nitrogen and oxygen atoms in total. The molecule has 0 aliphatic heterocycles. The molecule has 1 aromatic heterocycles. The van der Waals surface area contributed by atoms with Crippen LogP contribution in [-0.4, -0.2) is 21.0 Å². The summed E-state index contributed by atoms with van der Waals surface area (Å²) in [6, 6.07) is 10.3. The average molecular weight is 443 g/mol. The first-order chi connectivity index (χ1) is 11.3. The van der Waals surface area contributed by atoms with E-state index in [9.17, 15) is 4.79 Å². The molecule has 1 unspecified atom stereocenters. The van der Waals surface area contributed by atoms with Crippen LogP contribution in [-0.2, 0) is 0 Å². The molecule has 0 aliphatic carbocycles. The summed E-state index contributed by atoms with van der Waals surface area (Å²) in [5.41, 5.74) is 0.699. The summed E-state index contributed by atoms with van der Waals surface area (Å²) < 4.78 is -1.81. The van der Waals surface area contributed by atoms with Gasteiger partial charge in [0.05, 0.1) is 4.88 Å². The molecular formula is C14H11Cl4N3OS2. The molecule has 0 radical (unpaired) electrons. The van der Waals surface area contributed by atoms with Gasteiger partial charge in [-0.05, 0) is 47.9 Å². The Kier molecular flexibility index (Phi) is 6.98. The number of benzene rings is 1. The third-order valence-corrected chi connectivity index (χ3v) is 4.72. The standard InChI is InChI=1S/C14H11Cl4N3OS2/c15-8-3-5-9(6-4-8)19-13(23)21-12(14(16,17)18)20-11(22)10-2-1-7-24-10/h1-7,12H,(H,20,22)(H2,19,21,23). The van der Waals surface area contributed by atoms with E-state index in [4.69, 9.17) is 58.6 Å². The van der Waals surface area contributed by atoms with Crippen molar-refractivity contribution in [3.63, 3.8) is 0 Å². The molecule has 0 saturated heterocycles. The van der Waals surface area contributed by atoms with Gasteiger partial charge in [-0.15, -0.1) is 11.3 Å². The summed E-state index contributed by atoms with van der Waals surface area (Å²) >= 11 is 30.1. The molecule has 2 rings (SSSR count). The number of thiocarbonyl (C=S) groups is 1. The van der Waals surface area contributed by atoms with Crippen LogP contribution >= 0.6 is 70.0 Å². The summed E-state index contributed by atoms with van der Waals surface area (Å²) in [7, 11) is 0. The van der Waals surface area contributed by atoms with Crippen LogP contribution < -0.4 is 16.0 Å². The van der Waals surface area contributed by atoms with Crippen LogP contribution in [0.3, 0.4) is 0 Å². The third kappa shape index (κ3) is 5.95. The number of hydrogen-bond donors (Lipinski definition) is 3. The van der Waals surface area contributed by atoms with Crippen molar-refractivity contribution in [3.05, 3.63) is 51.7 Å². The van der Waals surface area contributed by atoms with Crippen LogP contribution in [0, 0.1) is 0 Å². The zero-order chi connectivity index (χ0) is 17.7. The van der Waals surface area contributed by atoms with E-state index in [-0.39, 0.29) is 11.0 Å². The molecule has 0 aliphatic rings. The average Bonchev–Trinajstić information content (AvgIpc) is 3.02. The highest BCUT2D eigenvalue weighted by molar-refractivity contribution is 7.80. The van der Waals surface area contributed by atoms with E-state index in [1.165, 1.54) is 11.3 Å². The maximum absolute atomic E-state index is 12.1. The molecule has 24 heavy (non-hydrogen) atoms. The number of anilines is 1. The Morgan fingerprint density at radius 3 is 2.33 bits per heavy atom. The minimum atomic E-state index is -1.81. The second-order valence-corrected chi connectivity index (χ2v) is 8.69. The van der Waals surface area contributed by atoms with Crippen molar-refractivity contribution in [2.24, 2.45) is 0 Å². The largest absolute Gasteiger partial charge is 0.339 e. The Bertz CT molecular complexity index is 702. The van der Waals surface area contributed by atoms with Gasteiger partial charge in [-0.1, -0.05) is 52.5 Å². The van der Waals surface area contributed by atoms with Crippen molar-refractivity contribution in [1.82, 2.24) is 10.6 Å². The molecule has 1 amide bonds. The topological polar surface area (TPSA) is 53.2 Å². The Morgan fingerprint density at radius 2 is 1.79 bits per heavy atom. The first-order valence-electron chi connectivity index (χ1n) is 6.50. The number of rotatable bonds is 4. The zero-order valence-electron chi connectivity index (χ0n) is 11.9. The minimum Gasteiger partial charge on any atom is -0.339 e. The summed E-state index contributed by atoms with van der Waals surface area (Å²) in [6.45, 7) is 0. The van der Waals surface area contributed by atoms with E-state index in [0.29, 0.717) is 15.6 Å². The van der Waals surface area contributed by atoms with Crippen molar-refractivity contribution in [2.75, 3.05) is 5.32 Å². The second-order valence-electron chi connectivity index (χ2n) is 4.53. The molecule has 128 valence electrons. The van der Waals surface area contributed by atoms with Crippen LogP contribution in [0.4, 0.5) is 5.69 Å². The van der Waals surface area contributed by atoms with Gasteiger partial charge in [0.2, 0.25) is 3.79 Å². The number of halogens is 4. The Morgan fingerprint density at radius 1 is 1.12 bits per heavy atom. The summed E-state index contributed by atoms with van der Waals surface area (Å²) in [5.74, 6) is -0.372. The van der Waals surface area contributed by atoms with Gasteiger partial charge in [0.25, 0.3) is 5.91 Å². The van der Waals surface area contributed by atoms with Crippen molar-refractivity contribution in [2.45, 2.75) is 9.96 Å². The van der Waals surface area contributed by atoms with E-state index < -0.39 is 9.96 Å². The molecule has 0 saturated carbocycles. The molecule has 0 fully saturated rings. The monoisotopic (exact) mass is 441 g/mol. The first-order valence-corrected chi connectivity index (χ1v) is 9.30. The SMILES string of the molecule is O=C(NC(NC(=S)Nc1ccc(Cl)cc1)C(Cl)(Cl)Cl)c1cccs1. The second kappa shape index (κ2) is 8.56. The quantitative estimate of drug-likeness (QED) is 0.361. The van der Waals surface area contributed by atoms with E-state index >= 15 is 0 Å². The van der Waals surface area contributed by atoms with Crippen LogP contribution in [0.2, 0.25) is 5.02 Å². The van der Waals surface area contributed by atoms with E-state index in [1.54, 1.807) is 41.8 Å². The molecule has 0 bridgehead atoms. The van der Waals surface area contributed by atoms with Gasteiger partial charge in [0, 0.05) is 10.7 Å². The molecule has 2 aromatic rings. The fraction of sp³-hybridized carbons (Fsp3) is 0.143. The summed E-state index contributed by atoms with van der Waals surface area (Å²) in [4.78, 5) is 12.6. The van der Waals surface area contributed by atoms with Crippen LogP contribution in [0.25, 0.3) is 0 Å². The summed E-state index contributed by atoms with van der Waals surface area (Å²) in [6.07, 6.45) is -1.02. The van der Waals surface area contributed by atoms with Crippen molar-refractivity contribution < 1.29 is 4.79 Å². The molecule has 1 atom stereocenters. The van der Waals surface area contributed by atoms with Gasteiger partial charge in [0.15, 0.2) is 5.11 Å². The smallest absolute Gasteiger partial charge is 0.263 e. The number of nitrogens with one attached hydrogen (secondary N) is 3. The lowest BCUT2D eigenvalue weighted by Gasteiger charge is -2.27. The fourth-order valence-corrected chi connectivity index (χ4v) is 2.96. The molecule has 1 heterocycles. The Balaban J connectivity index is 2.01. The normalized spacial score (nSPS) is 12.3. The van der Waals surface area contributed by atoms with Gasteiger partial charge < -0.3 is 16.0 Å². The predicted molar refractivity (Wildman–Crippen MR) is 107 cm³/mol. The first kappa shape index (κ1) is 19.6. The van der Waals surface area contributed by atoms with Crippen molar-refractivity contribution in [1.29, 1.82) is 0 Å². The van der Waals surface area contributed by atoms with Crippen LogP contribution in [0.1, 0.15) is 9.67 Å². The van der Waals surface area contributed by atoms with Crippen LogP contribution in [0.5, 0.6) is 0 Å². The van der Waals surface area contributed by atoms with Gasteiger partial charge in [-0.2, -0.15) is 0 Å². The molecule has 1 aromatic carbocycles. The number of amides is 1. The minimum absolute atomic E-state index is 0.181. The molecular weight excluding hydrogens is 432 g/mol. The van der Waals surface area contributed by atoms with E-state index in [0.717, 1.165) is 0 Å². The van der Waals surface area contributed by atoms with E-state index in [1.807, 2.05) is 0 Å². The fourth-order valence-electron chi connectivity index (χ4n) is 1.64. The third-order valence-electron chi connectivity index (χ3n) is 2.73. The summed E-state index contributed by atoms with van der Waals surface area (Å²) in [5, 5.41) is 10.9. The van der Waals surface area contributed by atoms with Crippen molar-refractivity contribution in [3.8, 4) is 0 Å². The number of hydrogen-bond acceptors (Lipinski definition) is 3. The van der Waals surface area contributed by atoms with Gasteiger partial charge in [0.1, 0.15) is 6.17 Å². The lowest BCUT2D eigenvalue weighted by atomic mass is 10.3. The number of thiophene rings is 1. The predicted octanol–water partition coefficient (Wildman–Crippen LogP) is 4.81. The van der Waals surface area contributed by atoms with Crippen LogP contribution in [0.15, 0.2) is 41.8 Å². The molecule has 10 heteroatoms. The lowest BCUT2D eigenvalue weighted by molar-refractivity contribution is 0.0938. The van der Waals surface area contributed by atoms with Crippen molar-refractivity contribution >= 4 is 86.7 Å². The molecule has 0 spiro atoms. The maximum Gasteiger partial charge on any atom is 0.263 e. The highest BCUT2D eigenvalue weighted by atomic mass is 35.6. The highest BCUT2D eigenvalue weighted by Gasteiger charge is 2.35. The van der Waals surface area contributed by atoms with Gasteiger partial charge in [-0.3, -0.25) is 4.79 Å². The maximum atomic E-state index is 12.1. The van der Waals surface area contributed by atoms with Gasteiger partial charge in [-0.25, -0.2) is 0 Å². The van der Waals surface area contributed by atoms with E-state index in [2.05, 4.69) is 16.0 Å². The van der Waals surface area contributed by atoms with Gasteiger partial charge >= 0.3 is 0 Å². The number of carbonyl (C=O) groups is 1. The highest BCUT2D eigenvalue weighted by Crippen LogP contribution is 2.29. The number of carbonyl (C=O) groups excluding carboxylic acids is 1. The Labute approximate surface area is 168 Å². The zero-order valence-corrected chi connectivity index (χ0v) is 16.5. The molecule has 3 N–H and O–H groups in total.